The van der Waals surface area contributed by atoms with E-state index in [-0.39, 0.29) is 17.6 Å². The van der Waals surface area contributed by atoms with Crippen LogP contribution in [0.15, 0.2) is 11.4 Å². The normalized spacial score (nSPS) is 24.8. The van der Waals surface area contributed by atoms with Crippen molar-refractivity contribution < 1.29 is 4.74 Å². The minimum Gasteiger partial charge on any atom is -0.491 e. The third kappa shape index (κ3) is 1.50. The maximum atomic E-state index is 12.0. The van der Waals surface area contributed by atoms with E-state index in [0.717, 1.165) is 24.1 Å². The van der Waals surface area contributed by atoms with Crippen LogP contribution >= 0.6 is 0 Å². The first kappa shape index (κ1) is 10.5. The number of aromatic nitrogens is 2. The Bertz CT molecular complexity index is 535. The number of nitrogens with one attached hydrogen (secondary N) is 2. The van der Waals surface area contributed by atoms with Crippen molar-refractivity contribution in [1.29, 1.82) is 0 Å². The van der Waals surface area contributed by atoms with E-state index < -0.39 is 0 Å². The van der Waals surface area contributed by atoms with Gasteiger partial charge in [-0.2, -0.15) is 0 Å². The number of H-pyrrole nitrogens is 1. The van der Waals surface area contributed by atoms with Gasteiger partial charge in [0.15, 0.2) is 11.6 Å². The molecule has 1 aromatic heterocycles. The van der Waals surface area contributed by atoms with Crippen LogP contribution in [0.5, 0.6) is 0 Å². The summed E-state index contributed by atoms with van der Waals surface area (Å²) < 4.78 is 5.28. The molecule has 1 fully saturated rings. The van der Waals surface area contributed by atoms with Gasteiger partial charge in [-0.3, -0.25) is 4.79 Å². The van der Waals surface area contributed by atoms with Crippen LogP contribution in [-0.2, 0) is 4.74 Å². The molecule has 1 saturated heterocycles. The summed E-state index contributed by atoms with van der Waals surface area (Å²) in [4.78, 5) is 19.2. The summed E-state index contributed by atoms with van der Waals surface area (Å²) in [5.41, 5.74) is 1.61. The summed E-state index contributed by atoms with van der Waals surface area (Å²) in [6.45, 7) is 6.16. The van der Waals surface area contributed by atoms with Crippen LogP contribution in [0.25, 0.3) is 5.76 Å². The van der Waals surface area contributed by atoms with Crippen LogP contribution < -0.4 is 10.9 Å². The Morgan fingerprint density at radius 2 is 2.29 bits per heavy atom. The topological polar surface area (TPSA) is 67.0 Å². The molecule has 2 aliphatic heterocycles. The number of nitrogens with zero attached hydrogens (tertiary/aromatic N) is 1. The van der Waals surface area contributed by atoms with Gasteiger partial charge in [0.2, 0.25) is 0 Å². The Balaban J connectivity index is 2.06. The highest BCUT2D eigenvalue weighted by Gasteiger charge is 2.40. The Morgan fingerprint density at radius 1 is 1.53 bits per heavy atom. The zero-order chi connectivity index (χ0) is 12.0. The van der Waals surface area contributed by atoms with E-state index in [1.165, 1.54) is 0 Å². The molecule has 90 valence electrons. The standard InChI is InChI=1S/C12H15N3O2/c1-3-17-6(2)11-14-10-8-5-4-7(13-8)9(10)12(16)15-11/h7-8,13H,2-5H2,1H3,(H,14,15,16). The highest BCUT2D eigenvalue weighted by Crippen LogP contribution is 2.42. The molecular formula is C12H15N3O2. The molecular weight excluding hydrogens is 218 g/mol. The van der Waals surface area contributed by atoms with Gasteiger partial charge in [-0.1, -0.05) is 6.58 Å². The van der Waals surface area contributed by atoms with Crippen molar-refractivity contribution in [2.24, 2.45) is 0 Å². The lowest BCUT2D eigenvalue weighted by atomic mass is 9.97. The van der Waals surface area contributed by atoms with E-state index in [4.69, 9.17) is 4.74 Å². The summed E-state index contributed by atoms with van der Waals surface area (Å²) in [5, 5.41) is 3.38. The number of hydrogen-bond donors (Lipinski definition) is 2. The highest BCUT2D eigenvalue weighted by atomic mass is 16.5. The van der Waals surface area contributed by atoms with Gasteiger partial charge in [-0.15, -0.1) is 0 Å². The first-order valence-electron chi connectivity index (χ1n) is 5.93. The second-order valence-electron chi connectivity index (χ2n) is 4.42. The van der Waals surface area contributed by atoms with Crippen molar-refractivity contribution in [3.05, 3.63) is 34.0 Å². The highest BCUT2D eigenvalue weighted by molar-refractivity contribution is 5.50. The van der Waals surface area contributed by atoms with Gasteiger partial charge in [0, 0.05) is 6.04 Å². The fourth-order valence-electron chi connectivity index (χ4n) is 2.66. The van der Waals surface area contributed by atoms with Crippen molar-refractivity contribution in [2.45, 2.75) is 31.8 Å². The zero-order valence-electron chi connectivity index (χ0n) is 9.75. The summed E-state index contributed by atoms with van der Waals surface area (Å²) in [6, 6.07) is 0.408. The first-order chi connectivity index (χ1) is 8.20. The molecule has 2 atom stereocenters. The minimum absolute atomic E-state index is 0.0643. The summed E-state index contributed by atoms with van der Waals surface area (Å²) in [5.74, 6) is 0.875. The van der Waals surface area contributed by atoms with Crippen molar-refractivity contribution in [2.75, 3.05) is 6.61 Å². The molecule has 2 N–H and O–H groups in total. The summed E-state index contributed by atoms with van der Waals surface area (Å²) in [7, 11) is 0. The lowest BCUT2D eigenvalue weighted by Crippen LogP contribution is -2.21. The van der Waals surface area contributed by atoms with E-state index in [9.17, 15) is 4.79 Å². The van der Waals surface area contributed by atoms with Gasteiger partial charge < -0.3 is 15.0 Å². The fourth-order valence-corrected chi connectivity index (χ4v) is 2.66. The number of aromatic amines is 1. The van der Waals surface area contributed by atoms with Crippen LogP contribution in [0.4, 0.5) is 0 Å². The van der Waals surface area contributed by atoms with E-state index in [1.54, 1.807) is 0 Å². The number of hydrogen-bond acceptors (Lipinski definition) is 4. The second-order valence-corrected chi connectivity index (χ2v) is 4.42. The van der Waals surface area contributed by atoms with E-state index in [1.807, 2.05) is 6.92 Å². The molecule has 2 bridgehead atoms. The number of fused-ring (bicyclic) bond motifs is 5. The van der Waals surface area contributed by atoms with Crippen molar-refractivity contribution >= 4 is 5.76 Å². The van der Waals surface area contributed by atoms with Gasteiger partial charge in [-0.25, -0.2) is 4.98 Å². The molecule has 1 aromatic rings. The monoisotopic (exact) mass is 233 g/mol. The first-order valence-corrected chi connectivity index (χ1v) is 5.93. The molecule has 0 aliphatic carbocycles. The Morgan fingerprint density at radius 3 is 3.06 bits per heavy atom. The number of ether oxygens (including phenoxy) is 1. The smallest absolute Gasteiger partial charge is 0.256 e. The van der Waals surface area contributed by atoms with Gasteiger partial charge in [-0.05, 0) is 19.8 Å². The molecule has 5 nitrogen and oxygen atoms in total. The van der Waals surface area contributed by atoms with Crippen LogP contribution in [-0.4, -0.2) is 16.6 Å². The fraction of sp³-hybridized carbons (Fsp3) is 0.500. The number of rotatable bonds is 3. The second kappa shape index (κ2) is 3.70. The Labute approximate surface area is 98.9 Å². The zero-order valence-corrected chi connectivity index (χ0v) is 9.75. The van der Waals surface area contributed by atoms with Crippen LogP contribution in [0.1, 0.15) is 48.9 Å². The lowest BCUT2D eigenvalue weighted by Gasteiger charge is -2.13. The molecule has 0 aromatic carbocycles. The molecule has 2 aliphatic rings. The molecule has 0 radical (unpaired) electrons. The third-order valence-electron chi connectivity index (χ3n) is 3.39. The molecule has 0 saturated carbocycles. The molecule has 2 unspecified atom stereocenters. The van der Waals surface area contributed by atoms with Crippen LogP contribution in [0.2, 0.25) is 0 Å². The molecule has 0 amide bonds. The van der Waals surface area contributed by atoms with E-state index in [2.05, 4.69) is 21.9 Å². The van der Waals surface area contributed by atoms with Crippen molar-refractivity contribution in [3.8, 4) is 0 Å². The predicted molar refractivity (Wildman–Crippen MR) is 63.4 cm³/mol. The average Bonchev–Trinajstić information content (AvgIpc) is 2.90. The molecule has 3 rings (SSSR count). The van der Waals surface area contributed by atoms with Crippen molar-refractivity contribution in [3.63, 3.8) is 0 Å². The SMILES string of the molecule is C=C(OCC)c1nc2c(c(=O)[nH]1)C1CCC2N1. The third-order valence-corrected chi connectivity index (χ3v) is 3.39. The molecule has 17 heavy (non-hydrogen) atoms. The lowest BCUT2D eigenvalue weighted by molar-refractivity contribution is 0.296. The largest absolute Gasteiger partial charge is 0.491 e. The predicted octanol–water partition coefficient (Wildman–Crippen LogP) is 1.26. The van der Waals surface area contributed by atoms with E-state index in [0.29, 0.717) is 18.2 Å². The average molecular weight is 233 g/mol. The van der Waals surface area contributed by atoms with Crippen LogP contribution in [0.3, 0.4) is 0 Å². The minimum atomic E-state index is -0.0643. The van der Waals surface area contributed by atoms with E-state index >= 15 is 0 Å². The maximum Gasteiger partial charge on any atom is 0.256 e. The molecule has 3 heterocycles. The van der Waals surface area contributed by atoms with Crippen LogP contribution in [0, 0.1) is 0 Å². The van der Waals surface area contributed by atoms with Gasteiger partial charge in [0.25, 0.3) is 5.56 Å². The van der Waals surface area contributed by atoms with Gasteiger partial charge >= 0.3 is 0 Å². The van der Waals surface area contributed by atoms with Crippen molar-refractivity contribution in [1.82, 2.24) is 15.3 Å². The Kier molecular flexibility index (Phi) is 2.29. The summed E-state index contributed by atoms with van der Waals surface area (Å²) >= 11 is 0. The quantitative estimate of drug-likeness (QED) is 0.771. The Hall–Kier alpha value is -1.62. The molecule has 0 spiro atoms. The molecule has 5 heteroatoms. The van der Waals surface area contributed by atoms with Gasteiger partial charge in [0.05, 0.1) is 23.9 Å². The maximum absolute atomic E-state index is 12.0. The van der Waals surface area contributed by atoms with Gasteiger partial charge in [0.1, 0.15) is 0 Å². The summed E-state index contributed by atoms with van der Waals surface area (Å²) in [6.07, 6.45) is 2.07.